The van der Waals surface area contributed by atoms with Crippen molar-refractivity contribution in [2.75, 3.05) is 46.0 Å². The Morgan fingerprint density at radius 3 is 2.71 bits per heavy atom. The predicted molar refractivity (Wildman–Crippen MR) is 138 cm³/mol. The highest BCUT2D eigenvalue weighted by molar-refractivity contribution is 14.0. The first-order valence-corrected chi connectivity index (χ1v) is 11.4. The summed E-state index contributed by atoms with van der Waals surface area (Å²) in [5, 5.41) is 7.83. The summed E-state index contributed by atoms with van der Waals surface area (Å²) in [6, 6.07) is 8.14. The minimum Gasteiger partial charge on any atom is -0.492 e. The molecular formula is C22H34IN5O2S. The second-order valence-electron chi connectivity index (χ2n) is 7.20. The fraction of sp³-hybridized carbons (Fsp3) is 0.545. The predicted octanol–water partition coefficient (Wildman–Crippen LogP) is 3.34. The number of aliphatic imine (C=N–C) groups is 1. The topological polar surface area (TPSA) is 71.0 Å². The van der Waals surface area contributed by atoms with Crippen LogP contribution in [0.3, 0.4) is 0 Å². The van der Waals surface area contributed by atoms with Gasteiger partial charge >= 0.3 is 0 Å². The molecule has 0 bridgehead atoms. The monoisotopic (exact) mass is 559 g/mol. The smallest absolute Gasteiger partial charge is 0.191 e. The van der Waals surface area contributed by atoms with Crippen LogP contribution in [-0.2, 0) is 17.8 Å². The molecule has 1 saturated heterocycles. The second kappa shape index (κ2) is 13.9. The Labute approximate surface area is 206 Å². The van der Waals surface area contributed by atoms with Crippen molar-refractivity contribution in [1.82, 2.24) is 20.5 Å². The molecule has 2 N–H and O–H groups in total. The third kappa shape index (κ3) is 8.55. The molecule has 31 heavy (non-hydrogen) atoms. The number of hydrogen-bond acceptors (Lipinski definition) is 6. The Hall–Kier alpha value is -1.43. The van der Waals surface area contributed by atoms with Gasteiger partial charge in [0.1, 0.15) is 12.4 Å². The zero-order valence-corrected chi connectivity index (χ0v) is 21.8. The Balaban J connectivity index is 0.00000341. The molecule has 1 aliphatic heterocycles. The van der Waals surface area contributed by atoms with Gasteiger partial charge in [-0.3, -0.25) is 4.90 Å². The Kier molecular flexibility index (Phi) is 11.6. The molecule has 0 amide bonds. The number of aryl methyl sites for hydroxylation is 2. The zero-order valence-electron chi connectivity index (χ0n) is 18.6. The van der Waals surface area contributed by atoms with Crippen molar-refractivity contribution in [3.63, 3.8) is 0 Å². The number of benzene rings is 1. The van der Waals surface area contributed by atoms with E-state index in [0.29, 0.717) is 13.2 Å². The van der Waals surface area contributed by atoms with Crippen LogP contribution in [0.15, 0.2) is 29.3 Å². The number of hydrogen-bond donors (Lipinski definition) is 2. The van der Waals surface area contributed by atoms with Gasteiger partial charge < -0.3 is 20.1 Å². The molecule has 0 aliphatic carbocycles. The lowest BCUT2D eigenvalue weighted by molar-refractivity contribution is 0.0322. The molecule has 2 heterocycles. The van der Waals surface area contributed by atoms with Gasteiger partial charge in [0.25, 0.3) is 0 Å². The molecule has 0 atom stereocenters. The minimum absolute atomic E-state index is 0. The maximum atomic E-state index is 6.08. The number of rotatable bonds is 9. The normalized spacial score (nSPS) is 14.7. The van der Waals surface area contributed by atoms with E-state index >= 15 is 0 Å². The number of thiazole rings is 1. The molecule has 0 spiro atoms. The van der Waals surface area contributed by atoms with E-state index in [1.807, 2.05) is 25.1 Å². The summed E-state index contributed by atoms with van der Waals surface area (Å²) in [4.78, 5) is 12.9. The fourth-order valence-corrected chi connectivity index (χ4v) is 4.17. The maximum Gasteiger partial charge on any atom is 0.191 e. The van der Waals surface area contributed by atoms with Crippen LogP contribution in [0, 0.1) is 13.8 Å². The van der Waals surface area contributed by atoms with Gasteiger partial charge in [0.05, 0.1) is 37.0 Å². The standard InChI is InChI=1S/C22H33N5O2S.HI/c1-4-23-22(25-16-21-17(2)26-18(3)30-21)24-15-19-7-5-6-8-20(19)29-14-11-27-9-12-28-13-10-27;/h5-8H,4,9-16H2,1-3H3,(H2,23,24,25);1H. The molecule has 1 aromatic heterocycles. The third-order valence-electron chi connectivity index (χ3n) is 4.91. The third-order valence-corrected chi connectivity index (χ3v) is 5.98. The Bertz CT molecular complexity index is 824. The summed E-state index contributed by atoms with van der Waals surface area (Å²) in [6.45, 7) is 13.4. The fourth-order valence-electron chi connectivity index (χ4n) is 3.29. The quantitative estimate of drug-likeness (QED) is 0.279. The van der Waals surface area contributed by atoms with Crippen LogP contribution in [0.4, 0.5) is 0 Å². The largest absolute Gasteiger partial charge is 0.492 e. The summed E-state index contributed by atoms with van der Waals surface area (Å²) < 4.78 is 11.5. The highest BCUT2D eigenvalue weighted by Gasteiger charge is 2.11. The van der Waals surface area contributed by atoms with E-state index < -0.39 is 0 Å². The number of nitrogens with one attached hydrogen (secondary N) is 2. The number of para-hydroxylation sites is 1. The first-order chi connectivity index (χ1) is 14.7. The van der Waals surface area contributed by atoms with Crippen LogP contribution < -0.4 is 15.4 Å². The van der Waals surface area contributed by atoms with Gasteiger partial charge in [0.2, 0.25) is 0 Å². The molecule has 7 nitrogen and oxygen atoms in total. The van der Waals surface area contributed by atoms with E-state index in [4.69, 9.17) is 14.5 Å². The van der Waals surface area contributed by atoms with Gasteiger partial charge in [0, 0.05) is 36.6 Å². The number of aromatic nitrogens is 1. The lowest BCUT2D eigenvalue weighted by Gasteiger charge is -2.26. The van der Waals surface area contributed by atoms with Crippen molar-refractivity contribution in [1.29, 1.82) is 0 Å². The molecule has 1 aromatic carbocycles. The van der Waals surface area contributed by atoms with Gasteiger partial charge in [-0.2, -0.15) is 0 Å². The summed E-state index contributed by atoms with van der Waals surface area (Å²) in [5.41, 5.74) is 2.17. The lowest BCUT2D eigenvalue weighted by Crippen LogP contribution is -2.38. The van der Waals surface area contributed by atoms with Crippen molar-refractivity contribution < 1.29 is 9.47 Å². The van der Waals surface area contributed by atoms with Crippen LogP contribution >= 0.6 is 35.3 Å². The van der Waals surface area contributed by atoms with Gasteiger partial charge in [-0.05, 0) is 26.8 Å². The van der Waals surface area contributed by atoms with Crippen molar-refractivity contribution in [3.8, 4) is 5.75 Å². The van der Waals surface area contributed by atoms with E-state index in [1.54, 1.807) is 11.3 Å². The number of halogens is 1. The van der Waals surface area contributed by atoms with Gasteiger partial charge in [-0.25, -0.2) is 9.98 Å². The van der Waals surface area contributed by atoms with E-state index in [2.05, 4.69) is 40.4 Å². The highest BCUT2D eigenvalue weighted by atomic mass is 127. The van der Waals surface area contributed by atoms with Gasteiger partial charge in [-0.15, -0.1) is 35.3 Å². The first-order valence-electron chi connectivity index (χ1n) is 10.6. The SMILES string of the molecule is CCNC(=NCc1ccccc1OCCN1CCOCC1)NCc1sc(C)nc1C.I. The number of nitrogens with zero attached hydrogens (tertiary/aromatic N) is 3. The minimum atomic E-state index is 0. The second-order valence-corrected chi connectivity index (χ2v) is 8.49. The number of ether oxygens (including phenoxy) is 2. The van der Waals surface area contributed by atoms with Crippen molar-refractivity contribution in [2.45, 2.75) is 33.9 Å². The zero-order chi connectivity index (χ0) is 21.2. The van der Waals surface area contributed by atoms with Crippen LogP contribution in [0.1, 0.15) is 28.1 Å². The van der Waals surface area contributed by atoms with Crippen molar-refractivity contribution in [3.05, 3.63) is 45.4 Å². The Morgan fingerprint density at radius 1 is 1.23 bits per heavy atom. The van der Waals surface area contributed by atoms with Crippen molar-refractivity contribution in [2.24, 2.45) is 4.99 Å². The summed E-state index contributed by atoms with van der Waals surface area (Å²) in [7, 11) is 0. The molecular weight excluding hydrogens is 525 g/mol. The highest BCUT2D eigenvalue weighted by Crippen LogP contribution is 2.19. The average molecular weight is 560 g/mol. The molecule has 0 radical (unpaired) electrons. The Morgan fingerprint density at radius 2 is 2.00 bits per heavy atom. The molecule has 3 rings (SSSR count). The van der Waals surface area contributed by atoms with Gasteiger partial charge in [0.15, 0.2) is 5.96 Å². The van der Waals surface area contributed by atoms with Crippen molar-refractivity contribution >= 4 is 41.3 Å². The summed E-state index contributed by atoms with van der Waals surface area (Å²) >= 11 is 1.72. The number of morpholine rings is 1. The maximum absolute atomic E-state index is 6.08. The summed E-state index contributed by atoms with van der Waals surface area (Å²) in [6.07, 6.45) is 0. The molecule has 1 aliphatic rings. The summed E-state index contributed by atoms with van der Waals surface area (Å²) in [5.74, 6) is 1.70. The average Bonchev–Trinajstić information content (AvgIpc) is 3.08. The van der Waals surface area contributed by atoms with E-state index in [1.165, 1.54) is 4.88 Å². The van der Waals surface area contributed by atoms with Crippen LogP contribution in [0.5, 0.6) is 5.75 Å². The molecule has 172 valence electrons. The van der Waals surface area contributed by atoms with Crippen LogP contribution in [0.2, 0.25) is 0 Å². The molecule has 2 aromatic rings. The first kappa shape index (κ1) is 25.8. The van der Waals surface area contributed by atoms with Crippen LogP contribution in [0.25, 0.3) is 0 Å². The number of guanidine groups is 1. The molecule has 9 heteroatoms. The lowest BCUT2D eigenvalue weighted by atomic mass is 10.2. The molecule has 0 saturated carbocycles. The van der Waals surface area contributed by atoms with E-state index in [9.17, 15) is 0 Å². The van der Waals surface area contributed by atoms with E-state index in [-0.39, 0.29) is 24.0 Å². The van der Waals surface area contributed by atoms with E-state index in [0.717, 1.165) is 73.9 Å². The molecule has 1 fully saturated rings. The van der Waals surface area contributed by atoms with Crippen LogP contribution in [-0.4, -0.2) is 61.8 Å². The molecule has 0 unspecified atom stereocenters. The van der Waals surface area contributed by atoms with Gasteiger partial charge in [-0.1, -0.05) is 18.2 Å².